The number of ketones is 1. The Morgan fingerprint density at radius 1 is 1.22 bits per heavy atom. The zero-order chi connectivity index (χ0) is 12.5. The van der Waals surface area contributed by atoms with Crippen molar-refractivity contribution < 1.29 is 9.53 Å². The van der Waals surface area contributed by atoms with E-state index in [-0.39, 0.29) is 5.78 Å². The molecule has 1 aromatic carbocycles. The van der Waals surface area contributed by atoms with E-state index in [1.165, 1.54) is 0 Å². The Morgan fingerprint density at radius 3 is 2.94 bits per heavy atom. The van der Waals surface area contributed by atoms with Crippen LogP contribution in [-0.4, -0.2) is 17.4 Å². The van der Waals surface area contributed by atoms with Crippen LogP contribution < -0.4 is 4.74 Å². The van der Waals surface area contributed by atoms with E-state index in [4.69, 9.17) is 4.74 Å². The number of carbonyl (C=O) groups excluding carboxylic acids is 1. The number of nitrogens with zero attached hydrogens (tertiary/aromatic N) is 1. The van der Waals surface area contributed by atoms with Gasteiger partial charge >= 0.3 is 0 Å². The lowest BCUT2D eigenvalue weighted by molar-refractivity contribution is 0.103. The molecular formula is C15H13NO2. The average molecular weight is 239 g/mol. The van der Waals surface area contributed by atoms with E-state index in [1.54, 1.807) is 12.4 Å². The highest BCUT2D eigenvalue weighted by atomic mass is 16.5. The lowest BCUT2D eigenvalue weighted by atomic mass is 10.0. The summed E-state index contributed by atoms with van der Waals surface area (Å²) in [6, 6.07) is 7.47. The molecule has 0 amide bonds. The van der Waals surface area contributed by atoms with E-state index in [0.717, 1.165) is 23.3 Å². The molecule has 0 saturated carbocycles. The van der Waals surface area contributed by atoms with E-state index in [2.05, 4.69) is 4.98 Å². The first-order valence-corrected chi connectivity index (χ1v) is 5.96. The third kappa shape index (κ3) is 1.88. The Kier molecular flexibility index (Phi) is 2.59. The Morgan fingerprint density at radius 2 is 2.11 bits per heavy atom. The van der Waals surface area contributed by atoms with Gasteiger partial charge in [-0.2, -0.15) is 0 Å². The molecule has 0 spiro atoms. The summed E-state index contributed by atoms with van der Waals surface area (Å²) in [5, 5.41) is 0. The molecule has 18 heavy (non-hydrogen) atoms. The van der Waals surface area contributed by atoms with Crippen molar-refractivity contribution in [2.24, 2.45) is 0 Å². The van der Waals surface area contributed by atoms with Crippen LogP contribution in [-0.2, 0) is 6.42 Å². The summed E-state index contributed by atoms with van der Waals surface area (Å²) in [7, 11) is 0. The first-order chi connectivity index (χ1) is 8.74. The molecule has 0 fully saturated rings. The van der Waals surface area contributed by atoms with Gasteiger partial charge in [0.05, 0.1) is 6.61 Å². The van der Waals surface area contributed by atoms with Crippen molar-refractivity contribution in [1.29, 1.82) is 0 Å². The lowest BCUT2D eigenvalue weighted by Crippen LogP contribution is -2.02. The summed E-state index contributed by atoms with van der Waals surface area (Å²) in [5.41, 5.74) is 3.44. The normalized spacial score (nSPS) is 12.9. The van der Waals surface area contributed by atoms with Gasteiger partial charge in [0.25, 0.3) is 0 Å². The minimum atomic E-state index is 0.0147. The van der Waals surface area contributed by atoms with E-state index in [1.807, 2.05) is 31.2 Å². The van der Waals surface area contributed by atoms with Crippen LogP contribution in [0.4, 0.5) is 0 Å². The molecule has 0 N–H and O–H groups in total. The highest BCUT2D eigenvalue weighted by molar-refractivity contribution is 6.09. The Labute approximate surface area is 105 Å². The van der Waals surface area contributed by atoms with Crippen LogP contribution in [0.25, 0.3) is 0 Å². The highest BCUT2D eigenvalue weighted by Crippen LogP contribution is 2.26. The van der Waals surface area contributed by atoms with Gasteiger partial charge in [-0.05, 0) is 42.3 Å². The number of fused-ring (bicyclic) bond motifs is 1. The second-order valence-electron chi connectivity index (χ2n) is 4.50. The summed E-state index contributed by atoms with van der Waals surface area (Å²) in [4.78, 5) is 16.4. The SMILES string of the molecule is Cc1cncc(C(=O)c2ccc3c(c2)CCO3)c1. The quantitative estimate of drug-likeness (QED) is 0.756. The van der Waals surface area contributed by atoms with Gasteiger partial charge in [0.15, 0.2) is 5.78 Å². The smallest absolute Gasteiger partial charge is 0.194 e. The number of ether oxygens (including phenoxy) is 1. The van der Waals surface area contributed by atoms with Crippen LogP contribution >= 0.6 is 0 Å². The summed E-state index contributed by atoms with van der Waals surface area (Å²) in [6.45, 7) is 2.64. The van der Waals surface area contributed by atoms with Gasteiger partial charge in [-0.3, -0.25) is 9.78 Å². The van der Waals surface area contributed by atoms with Crippen LogP contribution in [0.2, 0.25) is 0 Å². The minimum Gasteiger partial charge on any atom is -0.493 e. The van der Waals surface area contributed by atoms with Crippen molar-refractivity contribution in [2.45, 2.75) is 13.3 Å². The van der Waals surface area contributed by atoms with Gasteiger partial charge in [0.1, 0.15) is 5.75 Å². The van der Waals surface area contributed by atoms with E-state index >= 15 is 0 Å². The first kappa shape index (κ1) is 11.0. The third-order valence-electron chi connectivity index (χ3n) is 3.09. The van der Waals surface area contributed by atoms with Gasteiger partial charge in [0, 0.05) is 29.9 Å². The molecular weight excluding hydrogens is 226 g/mol. The van der Waals surface area contributed by atoms with Crippen molar-refractivity contribution in [3.63, 3.8) is 0 Å². The van der Waals surface area contributed by atoms with Gasteiger partial charge < -0.3 is 4.74 Å². The molecule has 3 rings (SSSR count). The number of hydrogen-bond donors (Lipinski definition) is 0. The molecule has 0 aliphatic carbocycles. The maximum Gasteiger partial charge on any atom is 0.194 e. The fourth-order valence-corrected chi connectivity index (χ4v) is 2.17. The summed E-state index contributed by atoms with van der Waals surface area (Å²) < 4.78 is 5.43. The first-order valence-electron chi connectivity index (χ1n) is 5.96. The molecule has 1 aromatic heterocycles. The van der Waals surface area contributed by atoms with Gasteiger partial charge in [0.2, 0.25) is 0 Å². The predicted molar refractivity (Wildman–Crippen MR) is 68.0 cm³/mol. The topological polar surface area (TPSA) is 39.2 Å². The summed E-state index contributed by atoms with van der Waals surface area (Å²) in [6.07, 6.45) is 4.23. The molecule has 0 bridgehead atoms. The van der Waals surface area contributed by atoms with E-state index in [0.29, 0.717) is 17.7 Å². The van der Waals surface area contributed by atoms with Crippen molar-refractivity contribution in [1.82, 2.24) is 4.98 Å². The molecule has 0 atom stereocenters. The number of aryl methyl sites for hydroxylation is 1. The number of aromatic nitrogens is 1. The fourth-order valence-electron chi connectivity index (χ4n) is 2.17. The van der Waals surface area contributed by atoms with E-state index < -0.39 is 0 Å². The molecule has 3 heteroatoms. The van der Waals surface area contributed by atoms with Crippen molar-refractivity contribution in [3.8, 4) is 5.75 Å². The van der Waals surface area contributed by atoms with Crippen molar-refractivity contribution in [3.05, 3.63) is 58.9 Å². The van der Waals surface area contributed by atoms with Gasteiger partial charge in [-0.25, -0.2) is 0 Å². The number of hydrogen-bond acceptors (Lipinski definition) is 3. The Balaban J connectivity index is 1.98. The van der Waals surface area contributed by atoms with Crippen LogP contribution in [0.1, 0.15) is 27.0 Å². The molecule has 1 aliphatic rings. The Hall–Kier alpha value is -2.16. The molecule has 0 saturated heterocycles. The molecule has 2 aromatic rings. The largest absolute Gasteiger partial charge is 0.493 e. The highest BCUT2D eigenvalue weighted by Gasteiger charge is 2.16. The van der Waals surface area contributed by atoms with Crippen molar-refractivity contribution in [2.75, 3.05) is 6.61 Å². The maximum absolute atomic E-state index is 12.3. The van der Waals surface area contributed by atoms with Gasteiger partial charge in [-0.1, -0.05) is 0 Å². The fraction of sp³-hybridized carbons (Fsp3) is 0.200. The van der Waals surface area contributed by atoms with Crippen LogP contribution in [0.15, 0.2) is 36.7 Å². The minimum absolute atomic E-state index is 0.0147. The van der Waals surface area contributed by atoms with Crippen LogP contribution in [0, 0.1) is 6.92 Å². The molecule has 90 valence electrons. The predicted octanol–water partition coefficient (Wildman–Crippen LogP) is 2.56. The average Bonchev–Trinajstić information content (AvgIpc) is 2.85. The molecule has 2 heterocycles. The second kappa shape index (κ2) is 4.26. The monoisotopic (exact) mass is 239 g/mol. The zero-order valence-electron chi connectivity index (χ0n) is 10.1. The van der Waals surface area contributed by atoms with E-state index in [9.17, 15) is 4.79 Å². The molecule has 0 radical (unpaired) electrons. The summed E-state index contributed by atoms with van der Waals surface area (Å²) in [5.74, 6) is 0.912. The van der Waals surface area contributed by atoms with Crippen LogP contribution in [0.5, 0.6) is 5.75 Å². The molecule has 0 unspecified atom stereocenters. The van der Waals surface area contributed by atoms with Gasteiger partial charge in [-0.15, -0.1) is 0 Å². The third-order valence-corrected chi connectivity index (χ3v) is 3.09. The summed E-state index contributed by atoms with van der Waals surface area (Å²) >= 11 is 0. The second-order valence-corrected chi connectivity index (χ2v) is 4.50. The number of pyridine rings is 1. The maximum atomic E-state index is 12.3. The standard InChI is InChI=1S/C15H13NO2/c1-10-6-13(9-16-8-10)15(17)12-2-3-14-11(7-12)4-5-18-14/h2-3,6-9H,4-5H2,1H3. The molecule has 1 aliphatic heterocycles. The van der Waals surface area contributed by atoms with Crippen molar-refractivity contribution >= 4 is 5.78 Å². The number of benzene rings is 1. The number of carbonyl (C=O) groups is 1. The lowest BCUT2D eigenvalue weighted by Gasteiger charge is -2.04. The van der Waals surface area contributed by atoms with Crippen LogP contribution in [0.3, 0.4) is 0 Å². The number of rotatable bonds is 2. The Bertz CT molecular complexity index is 620. The molecule has 3 nitrogen and oxygen atoms in total. The zero-order valence-corrected chi connectivity index (χ0v) is 10.1.